The molecule has 0 unspecified atom stereocenters. The molecule has 0 aliphatic heterocycles. The molecule has 0 bridgehead atoms. The highest BCUT2D eigenvalue weighted by molar-refractivity contribution is 7.09. The summed E-state index contributed by atoms with van der Waals surface area (Å²) in [5, 5.41) is 14.3. The number of rotatable bonds is 3. The van der Waals surface area contributed by atoms with E-state index < -0.39 is 0 Å². The number of fused-ring (bicyclic) bond motifs is 1. The number of nitrogens with zero attached hydrogens (tertiary/aromatic N) is 2. The highest BCUT2D eigenvalue weighted by atomic mass is 35.5. The van der Waals surface area contributed by atoms with Crippen molar-refractivity contribution in [1.82, 2.24) is 9.55 Å². The van der Waals surface area contributed by atoms with Crippen molar-refractivity contribution in [2.45, 2.75) is 20.1 Å². The van der Waals surface area contributed by atoms with E-state index in [-0.39, 0.29) is 6.61 Å². The van der Waals surface area contributed by atoms with Gasteiger partial charge in [-0.2, -0.15) is 0 Å². The summed E-state index contributed by atoms with van der Waals surface area (Å²) >= 11 is 7.71. The fourth-order valence-corrected chi connectivity index (χ4v) is 3.02. The number of hydrogen-bond donors (Lipinski definition) is 1. The van der Waals surface area contributed by atoms with Crippen LogP contribution in [0.1, 0.15) is 16.3 Å². The number of halogens is 1. The molecule has 19 heavy (non-hydrogen) atoms. The fourth-order valence-electron chi connectivity index (χ4n) is 2.25. The van der Waals surface area contributed by atoms with Gasteiger partial charge >= 0.3 is 0 Å². The minimum Gasteiger partial charge on any atom is -0.392 e. The van der Waals surface area contributed by atoms with Crippen LogP contribution in [0.4, 0.5) is 0 Å². The van der Waals surface area contributed by atoms with E-state index in [9.17, 15) is 5.11 Å². The van der Waals surface area contributed by atoms with Gasteiger partial charge in [0, 0.05) is 27.5 Å². The molecule has 3 aromatic rings. The zero-order valence-electron chi connectivity index (χ0n) is 10.4. The Morgan fingerprint density at radius 3 is 2.95 bits per heavy atom. The number of aryl methyl sites for hydroxylation is 1. The maximum absolute atomic E-state index is 9.43. The van der Waals surface area contributed by atoms with Crippen LogP contribution in [0.5, 0.6) is 0 Å². The minimum atomic E-state index is 0.0290. The Bertz CT molecular complexity index is 732. The molecule has 0 amide bonds. The molecule has 0 aliphatic carbocycles. The molecule has 5 heteroatoms. The Hall–Kier alpha value is -1.36. The maximum Gasteiger partial charge on any atom is 0.0898 e. The number of thiazole rings is 1. The van der Waals surface area contributed by atoms with Crippen molar-refractivity contribution in [3.63, 3.8) is 0 Å². The number of aliphatic hydroxyl groups is 1. The zero-order chi connectivity index (χ0) is 13.4. The standard InChI is InChI=1S/C14H13ClN2OS/c1-9-16-12(8-19-9)6-17-5-10(7-18)13-3-2-11(15)4-14(13)17/h2-5,8,18H,6-7H2,1H3. The maximum atomic E-state index is 9.43. The first kappa shape index (κ1) is 12.7. The van der Waals surface area contributed by atoms with Gasteiger partial charge in [-0.25, -0.2) is 4.98 Å². The molecule has 3 nitrogen and oxygen atoms in total. The van der Waals surface area contributed by atoms with Gasteiger partial charge in [-0.1, -0.05) is 17.7 Å². The Kier molecular flexibility index (Phi) is 3.31. The number of hydrogen-bond acceptors (Lipinski definition) is 3. The van der Waals surface area contributed by atoms with E-state index in [1.54, 1.807) is 11.3 Å². The summed E-state index contributed by atoms with van der Waals surface area (Å²) in [6.07, 6.45) is 1.97. The summed E-state index contributed by atoms with van der Waals surface area (Å²) in [6, 6.07) is 5.72. The van der Waals surface area contributed by atoms with Crippen molar-refractivity contribution >= 4 is 33.8 Å². The van der Waals surface area contributed by atoms with Gasteiger partial charge in [0.1, 0.15) is 0 Å². The van der Waals surface area contributed by atoms with E-state index in [2.05, 4.69) is 14.9 Å². The first-order valence-electron chi connectivity index (χ1n) is 5.96. The van der Waals surface area contributed by atoms with E-state index in [1.165, 1.54) is 0 Å². The molecule has 0 saturated carbocycles. The summed E-state index contributed by atoms with van der Waals surface area (Å²) in [4.78, 5) is 4.47. The lowest BCUT2D eigenvalue weighted by Crippen LogP contribution is -1.98. The van der Waals surface area contributed by atoms with E-state index >= 15 is 0 Å². The second kappa shape index (κ2) is 4.96. The minimum absolute atomic E-state index is 0.0290. The average Bonchev–Trinajstić information content (AvgIpc) is 2.94. The summed E-state index contributed by atoms with van der Waals surface area (Å²) in [5.74, 6) is 0. The van der Waals surface area contributed by atoms with Gasteiger partial charge in [-0.05, 0) is 19.1 Å². The van der Waals surface area contributed by atoms with Gasteiger partial charge in [-0.15, -0.1) is 11.3 Å². The quantitative estimate of drug-likeness (QED) is 0.801. The van der Waals surface area contributed by atoms with E-state index in [0.717, 1.165) is 27.2 Å². The van der Waals surface area contributed by atoms with Crippen LogP contribution in [-0.4, -0.2) is 14.7 Å². The van der Waals surface area contributed by atoms with E-state index in [1.807, 2.05) is 31.3 Å². The summed E-state index contributed by atoms with van der Waals surface area (Å²) in [6.45, 7) is 2.72. The molecule has 0 spiro atoms. The Balaban J connectivity index is 2.09. The SMILES string of the molecule is Cc1nc(Cn2cc(CO)c3ccc(Cl)cc32)cs1. The number of aliphatic hydroxyl groups excluding tert-OH is 1. The Morgan fingerprint density at radius 2 is 2.26 bits per heavy atom. The van der Waals surface area contributed by atoms with Crippen LogP contribution in [0.25, 0.3) is 10.9 Å². The monoisotopic (exact) mass is 292 g/mol. The molecular formula is C14H13ClN2OS. The molecular weight excluding hydrogens is 280 g/mol. The normalized spacial score (nSPS) is 11.3. The fraction of sp³-hybridized carbons (Fsp3) is 0.214. The molecule has 2 heterocycles. The van der Waals surface area contributed by atoms with Gasteiger partial charge in [0.15, 0.2) is 0 Å². The molecule has 1 N–H and O–H groups in total. The second-order valence-electron chi connectivity index (χ2n) is 4.46. The second-order valence-corrected chi connectivity index (χ2v) is 5.96. The molecule has 0 fully saturated rings. The van der Waals surface area contributed by atoms with Crippen molar-refractivity contribution in [3.8, 4) is 0 Å². The predicted molar refractivity (Wildman–Crippen MR) is 78.8 cm³/mol. The molecule has 0 saturated heterocycles. The third kappa shape index (κ3) is 2.39. The van der Waals surface area contributed by atoms with E-state index in [4.69, 9.17) is 11.6 Å². The highest BCUT2D eigenvalue weighted by Gasteiger charge is 2.09. The lowest BCUT2D eigenvalue weighted by atomic mass is 10.2. The first-order chi connectivity index (χ1) is 9.17. The van der Waals surface area contributed by atoms with Crippen LogP contribution in [0.15, 0.2) is 29.8 Å². The Morgan fingerprint density at radius 1 is 1.42 bits per heavy atom. The van der Waals surface area contributed by atoms with Crippen LogP contribution in [0, 0.1) is 6.92 Å². The molecule has 98 valence electrons. The van der Waals surface area contributed by atoms with Gasteiger partial charge in [0.25, 0.3) is 0 Å². The largest absolute Gasteiger partial charge is 0.392 e. The van der Waals surface area contributed by atoms with Crippen molar-refractivity contribution < 1.29 is 5.11 Å². The smallest absolute Gasteiger partial charge is 0.0898 e. The van der Waals surface area contributed by atoms with Crippen molar-refractivity contribution in [1.29, 1.82) is 0 Å². The van der Waals surface area contributed by atoms with Crippen molar-refractivity contribution in [2.24, 2.45) is 0 Å². The Labute approximate surface area is 120 Å². The third-order valence-corrected chi connectivity index (χ3v) is 4.15. The predicted octanol–water partition coefficient (Wildman–Crippen LogP) is 3.60. The van der Waals surface area contributed by atoms with Crippen LogP contribution >= 0.6 is 22.9 Å². The van der Waals surface area contributed by atoms with Crippen LogP contribution in [0.3, 0.4) is 0 Å². The lowest BCUT2D eigenvalue weighted by molar-refractivity contribution is 0.283. The summed E-state index contributed by atoms with van der Waals surface area (Å²) in [5.41, 5.74) is 2.98. The molecule has 0 aliphatic rings. The summed E-state index contributed by atoms with van der Waals surface area (Å²) in [7, 11) is 0. The van der Waals surface area contributed by atoms with Gasteiger partial charge < -0.3 is 9.67 Å². The van der Waals surface area contributed by atoms with Crippen LogP contribution in [-0.2, 0) is 13.2 Å². The average molecular weight is 293 g/mol. The molecule has 0 atom stereocenters. The van der Waals surface area contributed by atoms with Gasteiger partial charge in [0.2, 0.25) is 0 Å². The first-order valence-corrected chi connectivity index (χ1v) is 7.22. The number of benzene rings is 1. The lowest BCUT2D eigenvalue weighted by Gasteiger charge is -2.03. The van der Waals surface area contributed by atoms with Crippen LogP contribution < -0.4 is 0 Å². The molecule has 3 rings (SSSR count). The molecule has 1 aromatic carbocycles. The third-order valence-electron chi connectivity index (χ3n) is 3.10. The summed E-state index contributed by atoms with van der Waals surface area (Å²) < 4.78 is 2.08. The topological polar surface area (TPSA) is 38.0 Å². The van der Waals surface area contributed by atoms with E-state index in [0.29, 0.717) is 11.6 Å². The van der Waals surface area contributed by atoms with Crippen molar-refractivity contribution in [2.75, 3.05) is 0 Å². The van der Waals surface area contributed by atoms with Gasteiger partial charge in [0.05, 0.1) is 29.4 Å². The molecule has 2 aromatic heterocycles. The molecule has 0 radical (unpaired) electrons. The zero-order valence-corrected chi connectivity index (χ0v) is 12.0. The number of aromatic nitrogens is 2. The van der Waals surface area contributed by atoms with Crippen LogP contribution in [0.2, 0.25) is 5.02 Å². The van der Waals surface area contributed by atoms with Crippen molar-refractivity contribution in [3.05, 3.63) is 51.1 Å². The van der Waals surface area contributed by atoms with Gasteiger partial charge in [-0.3, -0.25) is 0 Å². The highest BCUT2D eigenvalue weighted by Crippen LogP contribution is 2.26.